The average Bonchev–Trinajstić information content (AvgIpc) is 2.99. The summed E-state index contributed by atoms with van der Waals surface area (Å²) in [5, 5.41) is 3.09. The zero-order valence-electron chi connectivity index (χ0n) is 17.1. The number of esters is 1. The molecule has 3 amide bonds. The number of benzene rings is 2. The molecule has 0 atom stereocenters. The smallest absolute Gasteiger partial charge is 0.338 e. The second kappa shape index (κ2) is 9.72. The lowest BCUT2D eigenvalue weighted by Gasteiger charge is -2.12. The van der Waals surface area contributed by atoms with Crippen LogP contribution in [0.3, 0.4) is 0 Å². The van der Waals surface area contributed by atoms with Crippen LogP contribution >= 0.6 is 11.6 Å². The van der Waals surface area contributed by atoms with E-state index in [1.165, 1.54) is 25.3 Å². The van der Waals surface area contributed by atoms with Gasteiger partial charge in [-0.05, 0) is 49.2 Å². The number of hydrogen-bond donors (Lipinski definition) is 1. The first-order valence-corrected chi connectivity index (χ1v) is 9.92. The Balaban J connectivity index is 1.62. The summed E-state index contributed by atoms with van der Waals surface area (Å²) in [4.78, 5) is 50.5. The van der Waals surface area contributed by atoms with Gasteiger partial charge < -0.3 is 14.8 Å². The number of imide groups is 1. The topological polar surface area (TPSA) is 102 Å². The summed E-state index contributed by atoms with van der Waals surface area (Å²) in [5.74, 6) is -2.19. The van der Waals surface area contributed by atoms with Crippen LogP contribution in [-0.4, -0.2) is 55.5 Å². The van der Waals surface area contributed by atoms with Crippen LogP contribution in [0.25, 0.3) is 0 Å². The summed E-state index contributed by atoms with van der Waals surface area (Å²) < 4.78 is 10.00. The number of rotatable bonds is 8. The Morgan fingerprint density at radius 1 is 1.06 bits per heavy atom. The molecular formula is C22H21ClN2O6. The quantitative estimate of drug-likeness (QED) is 0.381. The minimum atomic E-state index is -0.779. The highest BCUT2D eigenvalue weighted by molar-refractivity contribution is 6.31. The molecule has 0 fully saturated rings. The molecule has 0 saturated carbocycles. The van der Waals surface area contributed by atoms with Crippen molar-refractivity contribution in [1.29, 1.82) is 0 Å². The van der Waals surface area contributed by atoms with Gasteiger partial charge in [-0.15, -0.1) is 0 Å². The Morgan fingerprint density at radius 3 is 2.55 bits per heavy atom. The molecule has 0 unspecified atom stereocenters. The first-order chi connectivity index (χ1) is 14.8. The van der Waals surface area contributed by atoms with E-state index in [2.05, 4.69) is 5.32 Å². The summed E-state index contributed by atoms with van der Waals surface area (Å²) in [6.45, 7) is 1.93. The van der Waals surface area contributed by atoms with Crippen LogP contribution in [0.1, 0.15) is 43.1 Å². The Bertz CT molecular complexity index is 1050. The van der Waals surface area contributed by atoms with Gasteiger partial charge in [-0.3, -0.25) is 19.3 Å². The van der Waals surface area contributed by atoms with Crippen molar-refractivity contribution in [2.24, 2.45) is 0 Å². The first kappa shape index (κ1) is 22.5. The fourth-order valence-corrected chi connectivity index (χ4v) is 3.29. The third-order valence-corrected chi connectivity index (χ3v) is 4.98. The van der Waals surface area contributed by atoms with Crippen molar-refractivity contribution >= 4 is 41.0 Å². The van der Waals surface area contributed by atoms with Crippen molar-refractivity contribution < 1.29 is 28.7 Å². The highest BCUT2D eigenvalue weighted by Gasteiger charge is 2.35. The molecule has 2 aromatic rings. The fourth-order valence-electron chi connectivity index (χ4n) is 3.12. The van der Waals surface area contributed by atoms with Gasteiger partial charge >= 0.3 is 5.97 Å². The fraction of sp³-hybridized carbons (Fsp3) is 0.273. The van der Waals surface area contributed by atoms with E-state index in [1.54, 1.807) is 25.1 Å². The summed E-state index contributed by atoms with van der Waals surface area (Å²) >= 11 is 5.92. The van der Waals surface area contributed by atoms with E-state index < -0.39 is 30.3 Å². The van der Waals surface area contributed by atoms with Gasteiger partial charge in [0, 0.05) is 31.0 Å². The molecule has 162 valence electrons. The molecule has 3 rings (SSSR count). The number of carbonyl (C=O) groups excluding carboxylic acids is 4. The number of amides is 3. The van der Waals surface area contributed by atoms with Crippen LogP contribution in [-0.2, 0) is 14.3 Å². The molecule has 1 heterocycles. The van der Waals surface area contributed by atoms with E-state index in [1.807, 2.05) is 0 Å². The lowest BCUT2D eigenvalue weighted by atomic mass is 10.1. The molecule has 0 spiro atoms. The van der Waals surface area contributed by atoms with E-state index >= 15 is 0 Å². The van der Waals surface area contributed by atoms with E-state index in [-0.39, 0.29) is 23.2 Å². The number of nitrogens with one attached hydrogen (secondary N) is 1. The number of halogens is 1. The van der Waals surface area contributed by atoms with E-state index in [4.69, 9.17) is 21.1 Å². The minimum Gasteiger partial charge on any atom is -0.452 e. The van der Waals surface area contributed by atoms with Crippen LogP contribution in [0.15, 0.2) is 36.4 Å². The molecule has 9 heteroatoms. The number of hydrogen-bond acceptors (Lipinski definition) is 6. The van der Waals surface area contributed by atoms with Crippen molar-refractivity contribution in [2.45, 2.75) is 13.3 Å². The second-order valence-corrected chi connectivity index (χ2v) is 7.39. The van der Waals surface area contributed by atoms with Gasteiger partial charge in [0.1, 0.15) is 0 Å². The standard InChI is InChI=1S/C22H21ClN2O6/c1-13-4-6-15(23)11-18(13)24-19(26)12-31-22(29)14-5-7-16-17(10-14)21(28)25(20(16)27)8-3-9-30-2/h4-7,10-11H,3,8-9,12H2,1-2H3,(H,24,26). The normalized spacial score (nSPS) is 12.7. The van der Waals surface area contributed by atoms with Gasteiger partial charge in [-0.2, -0.15) is 0 Å². The first-order valence-electron chi connectivity index (χ1n) is 9.54. The van der Waals surface area contributed by atoms with Gasteiger partial charge in [0.25, 0.3) is 17.7 Å². The third kappa shape index (κ3) is 5.10. The van der Waals surface area contributed by atoms with Crippen molar-refractivity contribution in [2.75, 3.05) is 32.2 Å². The van der Waals surface area contributed by atoms with Crippen LogP contribution in [0.2, 0.25) is 5.02 Å². The van der Waals surface area contributed by atoms with Gasteiger partial charge in [0.15, 0.2) is 6.61 Å². The van der Waals surface area contributed by atoms with Crippen LogP contribution in [0, 0.1) is 6.92 Å². The molecular weight excluding hydrogens is 424 g/mol. The van der Waals surface area contributed by atoms with Gasteiger partial charge in [0.2, 0.25) is 0 Å². The van der Waals surface area contributed by atoms with Gasteiger partial charge in [-0.25, -0.2) is 4.79 Å². The molecule has 1 aliphatic rings. The highest BCUT2D eigenvalue weighted by atomic mass is 35.5. The molecule has 31 heavy (non-hydrogen) atoms. The van der Waals surface area contributed by atoms with E-state index in [0.717, 1.165) is 10.5 Å². The van der Waals surface area contributed by atoms with E-state index in [9.17, 15) is 19.2 Å². The predicted octanol–water partition coefficient (Wildman–Crippen LogP) is 3.08. The lowest BCUT2D eigenvalue weighted by molar-refractivity contribution is -0.119. The predicted molar refractivity (Wildman–Crippen MR) is 113 cm³/mol. The molecule has 0 aromatic heterocycles. The van der Waals surface area contributed by atoms with Crippen molar-refractivity contribution in [3.8, 4) is 0 Å². The highest BCUT2D eigenvalue weighted by Crippen LogP contribution is 2.25. The monoisotopic (exact) mass is 444 g/mol. The number of ether oxygens (including phenoxy) is 2. The maximum Gasteiger partial charge on any atom is 0.338 e. The molecule has 1 N–H and O–H groups in total. The Hall–Kier alpha value is -3.23. The Morgan fingerprint density at radius 2 is 1.81 bits per heavy atom. The van der Waals surface area contributed by atoms with Crippen LogP contribution in [0.4, 0.5) is 5.69 Å². The third-order valence-electron chi connectivity index (χ3n) is 4.74. The molecule has 0 aliphatic carbocycles. The van der Waals surface area contributed by atoms with Crippen molar-refractivity contribution in [3.63, 3.8) is 0 Å². The average molecular weight is 445 g/mol. The zero-order valence-corrected chi connectivity index (χ0v) is 17.8. The minimum absolute atomic E-state index is 0.0744. The number of fused-ring (bicyclic) bond motifs is 1. The largest absolute Gasteiger partial charge is 0.452 e. The number of nitrogens with zero attached hydrogens (tertiary/aromatic N) is 1. The maximum atomic E-state index is 12.5. The Kier molecular flexibility index (Phi) is 7.04. The van der Waals surface area contributed by atoms with Crippen LogP contribution in [0.5, 0.6) is 0 Å². The summed E-state index contributed by atoms with van der Waals surface area (Å²) in [7, 11) is 1.54. The molecule has 2 aromatic carbocycles. The summed E-state index contributed by atoms with van der Waals surface area (Å²) in [6, 6.07) is 9.17. The molecule has 0 bridgehead atoms. The van der Waals surface area contributed by atoms with Crippen molar-refractivity contribution in [1.82, 2.24) is 4.90 Å². The molecule has 0 saturated heterocycles. The summed E-state index contributed by atoms with van der Waals surface area (Å²) in [5.41, 5.74) is 1.76. The van der Waals surface area contributed by atoms with Gasteiger partial charge in [-0.1, -0.05) is 17.7 Å². The lowest BCUT2D eigenvalue weighted by Crippen LogP contribution is -2.31. The molecule has 8 nitrogen and oxygen atoms in total. The summed E-state index contributed by atoms with van der Waals surface area (Å²) in [6.07, 6.45) is 0.512. The number of methoxy groups -OCH3 is 1. The molecule has 1 aliphatic heterocycles. The number of carbonyl (C=O) groups is 4. The SMILES string of the molecule is COCCCN1C(=O)c2ccc(C(=O)OCC(=O)Nc3cc(Cl)ccc3C)cc2C1=O. The molecule has 0 radical (unpaired) electrons. The number of aryl methyl sites for hydroxylation is 1. The Labute approximate surface area is 184 Å². The number of anilines is 1. The zero-order chi connectivity index (χ0) is 22.5. The maximum absolute atomic E-state index is 12.5. The van der Waals surface area contributed by atoms with Crippen LogP contribution < -0.4 is 5.32 Å². The van der Waals surface area contributed by atoms with E-state index in [0.29, 0.717) is 23.7 Å². The van der Waals surface area contributed by atoms with Gasteiger partial charge in [0.05, 0.1) is 16.7 Å². The van der Waals surface area contributed by atoms with Crippen molar-refractivity contribution in [3.05, 3.63) is 63.7 Å². The second-order valence-electron chi connectivity index (χ2n) is 6.95.